The number of nitrogens with one attached hydrogen (secondary N) is 3. The summed E-state index contributed by atoms with van der Waals surface area (Å²) >= 11 is 0. The fourth-order valence-electron chi connectivity index (χ4n) is 4.10. The fourth-order valence-corrected chi connectivity index (χ4v) is 4.10. The van der Waals surface area contributed by atoms with Gasteiger partial charge in [0.25, 0.3) is 0 Å². The summed E-state index contributed by atoms with van der Waals surface area (Å²) in [5, 5.41) is 12.0. The Morgan fingerprint density at radius 1 is 0.943 bits per heavy atom. The van der Waals surface area contributed by atoms with Crippen LogP contribution in [0.1, 0.15) is 13.3 Å². The van der Waals surface area contributed by atoms with Gasteiger partial charge in [-0.25, -0.2) is 4.98 Å². The van der Waals surface area contributed by atoms with Crippen LogP contribution in [0, 0.1) is 0 Å². The van der Waals surface area contributed by atoms with E-state index in [1.807, 2.05) is 48.8 Å². The molecule has 0 atom stereocenters. The Kier molecular flexibility index (Phi) is 5.03. The number of aromatic nitrogens is 7. The molecule has 0 aromatic carbocycles. The van der Waals surface area contributed by atoms with E-state index in [1.165, 1.54) is 0 Å². The lowest BCUT2D eigenvalue weighted by Gasteiger charge is -2.08. The maximum Gasteiger partial charge on any atom is 0.135 e. The predicted octanol–water partition coefficient (Wildman–Crippen LogP) is 5.96. The van der Waals surface area contributed by atoms with Gasteiger partial charge in [0, 0.05) is 52.5 Å². The molecule has 6 rings (SSSR count). The van der Waals surface area contributed by atoms with Crippen molar-refractivity contribution in [1.29, 1.82) is 0 Å². The Labute approximate surface area is 201 Å². The molecule has 0 radical (unpaired) electrons. The van der Waals surface area contributed by atoms with Crippen LogP contribution in [0.2, 0.25) is 0 Å². The molecule has 0 bridgehead atoms. The summed E-state index contributed by atoms with van der Waals surface area (Å²) in [6.45, 7) is 6.07. The molecule has 6 aromatic heterocycles. The Hall–Kier alpha value is -4.85. The lowest BCUT2D eigenvalue weighted by Crippen LogP contribution is -1.97. The smallest absolute Gasteiger partial charge is 0.135 e. The van der Waals surface area contributed by atoms with Gasteiger partial charge in [0.1, 0.15) is 11.2 Å². The molecule has 0 amide bonds. The van der Waals surface area contributed by atoms with E-state index >= 15 is 0 Å². The lowest BCUT2D eigenvalue weighted by molar-refractivity contribution is 1.11. The van der Waals surface area contributed by atoms with Crippen LogP contribution >= 0.6 is 0 Å². The molecule has 0 saturated carbocycles. The summed E-state index contributed by atoms with van der Waals surface area (Å²) in [7, 11) is 0. The van der Waals surface area contributed by atoms with Gasteiger partial charge in [-0.15, -0.1) is 0 Å². The molecule has 0 fully saturated rings. The van der Waals surface area contributed by atoms with Gasteiger partial charge in [0.2, 0.25) is 0 Å². The van der Waals surface area contributed by atoms with Gasteiger partial charge in [-0.3, -0.25) is 20.1 Å². The maximum atomic E-state index is 4.94. The molecule has 3 N–H and O–H groups in total. The first-order chi connectivity index (χ1) is 17.2. The standard InChI is InChI=1S/C27H22N8/c1-3-16(2)31-19-11-18(14-29-15-19)21-6-7-23-26(33-21)27(35-34-23)24-12-20-22(32-24)8-10-30-25(20)17-5-4-9-28-13-17/h4-15,31-32H,2-3H2,1H3,(H,34,35). The average Bonchev–Trinajstić information content (AvgIpc) is 3.53. The van der Waals surface area contributed by atoms with E-state index in [-0.39, 0.29) is 0 Å². The molecule has 8 heteroatoms. The highest BCUT2D eigenvalue weighted by atomic mass is 15.1. The first kappa shape index (κ1) is 20.7. The number of fused-ring (bicyclic) bond motifs is 2. The van der Waals surface area contributed by atoms with Crippen molar-refractivity contribution in [3.8, 4) is 33.9 Å². The van der Waals surface area contributed by atoms with Gasteiger partial charge in [0.15, 0.2) is 0 Å². The molecule has 0 aliphatic rings. The van der Waals surface area contributed by atoms with Crippen molar-refractivity contribution in [2.24, 2.45) is 0 Å². The minimum Gasteiger partial charge on any atom is -0.358 e. The number of rotatable bonds is 6. The zero-order valence-electron chi connectivity index (χ0n) is 19.1. The van der Waals surface area contributed by atoms with Gasteiger partial charge >= 0.3 is 0 Å². The maximum absolute atomic E-state index is 4.94. The molecule has 0 aliphatic carbocycles. The van der Waals surface area contributed by atoms with Gasteiger partial charge in [-0.05, 0) is 48.9 Å². The first-order valence-corrected chi connectivity index (χ1v) is 11.3. The number of pyridine rings is 4. The highest BCUT2D eigenvalue weighted by molar-refractivity contribution is 5.99. The SMILES string of the molecule is C=C(CC)Nc1cncc(-c2ccc3[nH]nc(-c4cc5c(-c6cccnc6)nccc5[nH]4)c3n2)c1. The van der Waals surface area contributed by atoms with Gasteiger partial charge in [0.05, 0.1) is 34.5 Å². The highest BCUT2D eigenvalue weighted by Crippen LogP contribution is 2.33. The third kappa shape index (κ3) is 3.80. The van der Waals surface area contributed by atoms with Crippen LogP contribution in [-0.2, 0) is 0 Å². The summed E-state index contributed by atoms with van der Waals surface area (Å²) in [6, 6.07) is 13.9. The number of nitrogens with zero attached hydrogens (tertiary/aromatic N) is 5. The summed E-state index contributed by atoms with van der Waals surface area (Å²) in [5.74, 6) is 0. The number of allylic oxidation sites excluding steroid dienone is 1. The molecule has 0 aliphatic heterocycles. The molecule has 35 heavy (non-hydrogen) atoms. The van der Waals surface area contributed by atoms with Crippen LogP contribution in [0.3, 0.4) is 0 Å². The topological polar surface area (TPSA) is 108 Å². The quantitative estimate of drug-likeness (QED) is 0.284. The number of hydrogen-bond acceptors (Lipinski definition) is 6. The zero-order chi connectivity index (χ0) is 23.8. The minimum absolute atomic E-state index is 0.747. The van der Waals surface area contributed by atoms with Crippen LogP contribution in [0.25, 0.3) is 55.8 Å². The Balaban J connectivity index is 1.43. The number of aromatic amines is 2. The average molecular weight is 459 g/mol. The third-order valence-electron chi connectivity index (χ3n) is 5.93. The van der Waals surface area contributed by atoms with E-state index in [1.54, 1.807) is 18.6 Å². The van der Waals surface area contributed by atoms with Crippen LogP contribution in [0.5, 0.6) is 0 Å². The van der Waals surface area contributed by atoms with E-state index < -0.39 is 0 Å². The minimum atomic E-state index is 0.747. The van der Waals surface area contributed by atoms with Crippen LogP contribution in [0.15, 0.2) is 85.7 Å². The van der Waals surface area contributed by atoms with Crippen molar-refractivity contribution in [2.75, 3.05) is 5.32 Å². The van der Waals surface area contributed by atoms with E-state index in [2.05, 4.69) is 55.0 Å². The summed E-state index contributed by atoms with van der Waals surface area (Å²) < 4.78 is 0. The molecule has 0 spiro atoms. The predicted molar refractivity (Wildman–Crippen MR) is 138 cm³/mol. The second kappa shape index (κ2) is 8.49. The largest absolute Gasteiger partial charge is 0.358 e. The monoisotopic (exact) mass is 458 g/mol. The number of anilines is 1. The van der Waals surface area contributed by atoms with Crippen LogP contribution in [0.4, 0.5) is 5.69 Å². The van der Waals surface area contributed by atoms with Crippen molar-refractivity contribution in [3.63, 3.8) is 0 Å². The van der Waals surface area contributed by atoms with Crippen molar-refractivity contribution >= 4 is 27.6 Å². The molecule has 0 unspecified atom stereocenters. The lowest BCUT2D eigenvalue weighted by atomic mass is 10.1. The van der Waals surface area contributed by atoms with Gasteiger partial charge < -0.3 is 10.3 Å². The second-order valence-corrected chi connectivity index (χ2v) is 8.25. The molecule has 8 nitrogen and oxygen atoms in total. The van der Waals surface area contributed by atoms with Crippen LogP contribution < -0.4 is 5.32 Å². The zero-order valence-corrected chi connectivity index (χ0v) is 19.1. The Morgan fingerprint density at radius 2 is 1.86 bits per heavy atom. The van der Waals surface area contributed by atoms with Crippen molar-refractivity contribution in [1.82, 2.24) is 35.1 Å². The van der Waals surface area contributed by atoms with Crippen molar-refractivity contribution in [2.45, 2.75) is 13.3 Å². The van der Waals surface area contributed by atoms with E-state index in [4.69, 9.17) is 4.98 Å². The molecule has 6 heterocycles. The number of hydrogen-bond donors (Lipinski definition) is 3. The first-order valence-electron chi connectivity index (χ1n) is 11.3. The summed E-state index contributed by atoms with van der Waals surface area (Å²) in [5.41, 5.74) is 9.59. The molecular weight excluding hydrogens is 436 g/mol. The van der Waals surface area contributed by atoms with Crippen LogP contribution in [-0.4, -0.2) is 35.1 Å². The van der Waals surface area contributed by atoms with E-state index in [0.717, 1.165) is 73.6 Å². The van der Waals surface area contributed by atoms with Crippen molar-refractivity contribution in [3.05, 3.63) is 85.7 Å². The van der Waals surface area contributed by atoms with E-state index in [0.29, 0.717) is 0 Å². The normalized spacial score (nSPS) is 11.2. The van der Waals surface area contributed by atoms with Gasteiger partial charge in [-0.1, -0.05) is 13.5 Å². The van der Waals surface area contributed by atoms with Crippen molar-refractivity contribution < 1.29 is 0 Å². The Morgan fingerprint density at radius 3 is 2.71 bits per heavy atom. The van der Waals surface area contributed by atoms with Gasteiger partial charge in [-0.2, -0.15) is 5.10 Å². The fraction of sp³-hybridized carbons (Fsp3) is 0.0741. The summed E-state index contributed by atoms with van der Waals surface area (Å²) in [4.78, 5) is 21.6. The highest BCUT2D eigenvalue weighted by Gasteiger charge is 2.16. The molecule has 170 valence electrons. The molecular formula is C27H22N8. The third-order valence-corrected chi connectivity index (χ3v) is 5.93. The summed E-state index contributed by atoms with van der Waals surface area (Å²) in [6.07, 6.45) is 9.80. The second-order valence-electron chi connectivity index (χ2n) is 8.25. The molecule has 6 aromatic rings. The Bertz CT molecular complexity index is 1680. The van der Waals surface area contributed by atoms with E-state index in [9.17, 15) is 0 Å². The number of H-pyrrole nitrogens is 2. The molecule has 0 saturated heterocycles.